The Morgan fingerprint density at radius 1 is 1.11 bits per heavy atom. The van der Waals surface area contributed by atoms with E-state index in [1.807, 2.05) is 0 Å². The largest absolute Gasteiger partial charge is 0.396 e. The third-order valence-corrected chi connectivity index (χ3v) is 3.90. The number of nitrogens with zero attached hydrogens (tertiary/aromatic N) is 1. The lowest BCUT2D eigenvalue weighted by Crippen LogP contribution is -2.39. The topological polar surface area (TPSA) is 35.5 Å². The lowest BCUT2D eigenvalue weighted by Gasteiger charge is -2.32. The Hall–Kier alpha value is -0.120. The SMILES string of the molecule is CC(C)NCC1CCN(CCCCCCO)CC1. The van der Waals surface area contributed by atoms with E-state index < -0.39 is 0 Å². The summed E-state index contributed by atoms with van der Waals surface area (Å²) >= 11 is 0. The van der Waals surface area contributed by atoms with Crippen molar-refractivity contribution in [3.05, 3.63) is 0 Å². The number of aliphatic hydroxyl groups is 1. The fourth-order valence-corrected chi connectivity index (χ4v) is 2.62. The van der Waals surface area contributed by atoms with Gasteiger partial charge in [-0.15, -0.1) is 0 Å². The number of nitrogens with one attached hydrogen (secondary N) is 1. The van der Waals surface area contributed by atoms with E-state index in [0.29, 0.717) is 12.6 Å². The number of piperidine rings is 1. The molecule has 0 spiro atoms. The molecule has 1 fully saturated rings. The second-order valence-electron chi connectivity index (χ2n) is 5.99. The molecule has 0 bridgehead atoms. The van der Waals surface area contributed by atoms with E-state index >= 15 is 0 Å². The predicted molar refractivity (Wildman–Crippen MR) is 77.9 cm³/mol. The lowest BCUT2D eigenvalue weighted by atomic mass is 9.96. The standard InChI is InChI=1S/C15H32N2O/c1-14(2)16-13-15-7-10-17(11-8-15)9-5-3-4-6-12-18/h14-16,18H,3-13H2,1-2H3. The third-order valence-electron chi connectivity index (χ3n) is 3.90. The summed E-state index contributed by atoms with van der Waals surface area (Å²) in [5, 5.41) is 12.3. The number of aliphatic hydroxyl groups excluding tert-OH is 1. The maximum Gasteiger partial charge on any atom is 0.0431 e. The third kappa shape index (κ3) is 7.34. The molecule has 2 N–H and O–H groups in total. The molecule has 1 rings (SSSR count). The molecule has 0 atom stereocenters. The van der Waals surface area contributed by atoms with E-state index in [4.69, 9.17) is 5.11 Å². The maximum atomic E-state index is 8.72. The lowest BCUT2D eigenvalue weighted by molar-refractivity contribution is 0.177. The highest BCUT2D eigenvalue weighted by Gasteiger charge is 2.18. The monoisotopic (exact) mass is 256 g/mol. The molecule has 1 saturated heterocycles. The van der Waals surface area contributed by atoms with E-state index in [0.717, 1.165) is 12.3 Å². The van der Waals surface area contributed by atoms with Crippen molar-refractivity contribution in [3.63, 3.8) is 0 Å². The minimum Gasteiger partial charge on any atom is -0.396 e. The van der Waals surface area contributed by atoms with Gasteiger partial charge in [-0.3, -0.25) is 0 Å². The van der Waals surface area contributed by atoms with Crippen molar-refractivity contribution in [2.24, 2.45) is 5.92 Å². The Bertz CT molecular complexity index is 189. The van der Waals surface area contributed by atoms with Crippen molar-refractivity contribution in [3.8, 4) is 0 Å². The molecule has 3 nitrogen and oxygen atoms in total. The molecule has 0 unspecified atom stereocenters. The van der Waals surface area contributed by atoms with Gasteiger partial charge in [-0.1, -0.05) is 26.7 Å². The quantitative estimate of drug-likeness (QED) is 0.621. The summed E-state index contributed by atoms with van der Waals surface area (Å²) in [6.07, 6.45) is 7.45. The molecule has 0 amide bonds. The van der Waals surface area contributed by atoms with Crippen LogP contribution in [-0.2, 0) is 0 Å². The molecule has 0 aromatic heterocycles. The van der Waals surface area contributed by atoms with Crippen LogP contribution in [0.2, 0.25) is 0 Å². The molecule has 18 heavy (non-hydrogen) atoms. The molecule has 0 aromatic carbocycles. The Morgan fingerprint density at radius 3 is 2.39 bits per heavy atom. The fourth-order valence-electron chi connectivity index (χ4n) is 2.62. The van der Waals surface area contributed by atoms with Crippen LogP contribution in [0.1, 0.15) is 52.4 Å². The number of likely N-dealkylation sites (tertiary alicyclic amines) is 1. The van der Waals surface area contributed by atoms with Crippen LogP contribution in [0.5, 0.6) is 0 Å². The number of rotatable bonds is 9. The van der Waals surface area contributed by atoms with E-state index in [2.05, 4.69) is 24.1 Å². The summed E-state index contributed by atoms with van der Waals surface area (Å²) < 4.78 is 0. The van der Waals surface area contributed by atoms with Crippen LogP contribution in [0.25, 0.3) is 0 Å². The predicted octanol–water partition coefficient (Wildman–Crippen LogP) is 2.25. The molecule has 108 valence electrons. The van der Waals surface area contributed by atoms with E-state index in [1.54, 1.807) is 0 Å². The van der Waals surface area contributed by atoms with Crippen LogP contribution in [0.3, 0.4) is 0 Å². The van der Waals surface area contributed by atoms with Crippen LogP contribution >= 0.6 is 0 Å². The molecule has 0 saturated carbocycles. The summed E-state index contributed by atoms with van der Waals surface area (Å²) in [5.41, 5.74) is 0. The van der Waals surface area contributed by atoms with Gasteiger partial charge in [0.2, 0.25) is 0 Å². The highest BCUT2D eigenvalue weighted by Crippen LogP contribution is 2.17. The van der Waals surface area contributed by atoms with E-state index in [-0.39, 0.29) is 0 Å². The fraction of sp³-hybridized carbons (Fsp3) is 1.00. The molecule has 1 aliphatic rings. The summed E-state index contributed by atoms with van der Waals surface area (Å²) in [6.45, 7) is 9.82. The molecule has 3 heteroatoms. The molecular formula is C15H32N2O. The van der Waals surface area contributed by atoms with Gasteiger partial charge in [0.05, 0.1) is 0 Å². The summed E-state index contributed by atoms with van der Waals surface area (Å²) in [4.78, 5) is 2.62. The molecule has 0 radical (unpaired) electrons. The first-order valence-electron chi connectivity index (χ1n) is 7.79. The van der Waals surface area contributed by atoms with Gasteiger partial charge < -0.3 is 15.3 Å². The van der Waals surface area contributed by atoms with E-state index in [1.165, 1.54) is 58.3 Å². The summed E-state index contributed by atoms with van der Waals surface area (Å²) in [6, 6.07) is 0.620. The minimum absolute atomic E-state index is 0.355. The van der Waals surface area contributed by atoms with Crippen molar-refractivity contribution >= 4 is 0 Å². The van der Waals surface area contributed by atoms with Crippen LogP contribution < -0.4 is 5.32 Å². The normalized spacial score (nSPS) is 18.7. The van der Waals surface area contributed by atoms with Crippen molar-refractivity contribution in [1.82, 2.24) is 10.2 Å². The van der Waals surface area contributed by atoms with Crippen molar-refractivity contribution < 1.29 is 5.11 Å². The first-order chi connectivity index (χ1) is 8.72. The molecule has 1 heterocycles. The highest BCUT2D eigenvalue weighted by molar-refractivity contribution is 4.74. The molecule has 1 aliphatic heterocycles. The van der Waals surface area contributed by atoms with Gasteiger partial charge in [0, 0.05) is 12.6 Å². The van der Waals surface area contributed by atoms with Gasteiger partial charge in [-0.2, -0.15) is 0 Å². The minimum atomic E-state index is 0.355. The maximum absolute atomic E-state index is 8.72. The van der Waals surface area contributed by atoms with Gasteiger partial charge in [0.15, 0.2) is 0 Å². The smallest absolute Gasteiger partial charge is 0.0431 e. The Balaban J connectivity index is 1.98. The first kappa shape index (κ1) is 15.9. The van der Waals surface area contributed by atoms with Gasteiger partial charge >= 0.3 is 0 Å². The number of hydrogen-bond donors (Lipinski definition) is 2. The first-order valence-corrected chi connectivity index (χ1v) is 7.79. The van der Waals surface area contributed by atoms with Crippen molar-refractivity contribution in [2.75, 3.05) is 32.8 Å². The average Bonchev–Trinajstić information content (AvgIpc) is 2.37. The van der Waals surface area contributed by atoms with Gasteiger partial charge in [-0.05, 0) is 57.8 Å². The second kappa shape index (κ2) is 9.76. The second-order valence-corrected chi connectivity index (χ2v) is 5.99. The Morgan fingerprint density at radius 2 is 1.78 bits per heavy atom. The van der Waals surface area contributed by atoms with Gasteiger partial charge in [0.1, 0.15) is 0 Å². The highest BCUT2D eigenvalue weighted by atomic mass is 16.2. The van der Waals surface area contributed by atoms with Gasteiger partial charge in [0.25, 0.3) is 0 Å². The Labute approximate surface area is 113 Å². The zero-order valence-corrected chi connectivity index (χ0v) is 12.3. The summed E-state index contributed by atoms with van der Waals surface area (Å²) in [5.74, 6) is 0.887. The Kier molecular flexibility index (Phi) is 8.64. The molecule has 0 aromatic rings. The van der Waals surface area contributed by atoms with E-state index in [9.17, 15) is 0 Å². The number of hydrogen-bond acceptors (Lipinski definition) is 3. The van der Waals surface area contributed by atoms with Crippen LogP contribution in [-0.4, -0.2) is 48.8 Å². The molecular weight excluding hydrogens is 224 g/mol. The van der Waals surface area contributed by atoms with Gasteiger partial charge in [-0.25, -0.2) is 0 Å². The van der Waals surface area contributed by atoms with Crippen LogP contribution in [0.4, 0.5) is 0 Å². The zero-order valence-electron chi connectivity index (χ0n) is 12.3. The summed E-state index contributed by atoms with van der Waals surface area (Å²) in [7, 11) is 0. The van der Waals surface area contributed by atoms with Crippen LogP contribution in [0, 0.1) is 5.92 Å². The average molecular weight is 256 g/mol. The van der Waals surface area contributed by atoms with Crippen molar-refractivity contribution in [2.45, 2.75) is 58.4 Å². The van der Waals surface area contributed by atoms with Crippen LogP contribution in [0.15, 0.2) is 0 Å². The zero-order chi connectivity index (χ0) is 13.2. The van der Waals surface area contributed by atoms with Crippen molar-refractivity contribution in [1.29, 1.82) is 0 Å². The number of unbranched alkanes of at least 4 members (excludes halogenated alkanes) is 3. The molecule has 0 aliphatic carbocycles.